The summed E-state index contributed by atoms with van der Waals surface area (Å²) in [6.45, 7) is 10.4. The third kappa shape index (κ3) is 27.3. The van der Waals surface area contributed by atoms with Crippen LogP contribution in [0.5, 0.6) is 5.75 Å². The molecule has 2 fully saturated rings. The summed E-state index contributed by atoms with van der Waals surface area (Å²) in [7, 11) is 0. The first-order chi connectivity index (χ1) is 57.0. The number of nitrogens with zero attached hydrogens (tertiary/aromatic N) is 8. The Hall–Kier alpha value is -9.54. The second kappa shape index (κ2) is 46.0. The number of benzene rings is 5. The van der Waals surface area contributed by atoms with Crippen LogP contribution < -0.4 is 10.1 Å². The minimum absolute atomic E-state index is 0.00638. The summed E-state index contributed by atoms with van der Waals surface area (Å²) >= 11 is 12.8. The molecule has 2 aliphatic carbocycles. The lowest BCUT2D eigenvalue weighted by molar-refractivity contribution is -0.141. The van der Waals surface area contributed by atoms with E-state index in [2.05, 4.69) is 63.2 Å². The van der Waals surface area contributed by atoms with Crippen LogP contribution in [0.3, 0.4) is 0 Å². The third-order valence-corrected chi connectivity index (χ3v) is 23.0. The number of carbonyl (C=O) groups is 6. The van der Waals surface area contributed by atoms with Crippen LogP contribution >= 0.6 is 23.2 Å². The van der Waals surface area contributed by atoms with Crippen molar-refractivity contribution in [2.75, 3.05) is 58.0 Å². The standard InChI is InChI=1S/C95H116Cl2N10O10/c1-3-5-9-25-85(108)62-81-21-17-22-83(101-81)68-105(70-89-99-50-51-100-89)64-74-59-73(63-104(67-82-24-19-49-98-82)69-84-23-18-27-88(102-84)103-90(110)28-10-6-4-2)60-86(61-74)117-55-16-15-52-106(92(113)94(45-11-7-12-46-94)77-37-41-79(96)42-38-77)65-71-29-33-75(34-30-71)87(109)26-20-54-115-57-58-116-56-53-107(66-72-31-35-76(36-32-72)91(111)112)93(114)95(47-13-8-14-48-95)78-39-43-80(97)44-40-78/h17-19,21-23,27,29-44,49-51,59-61H,3-16,20,24-26,28,45-48,52-58,62-70H2,1-2H3,(H,99,100)(H,111,112)(H,102,103,110). The zero-order valence-electron chi connectivity index (χ0n) is 68.3. The summed E-state index contributed by atoms with van der Waals surface area (Å²) in [5, 5.41) is 13.8. The van der Waals surface area contributed by atoms with Gasteiger partial charge in [0.2, 0.25) is 17.7 Å². The molecule has 0 unspecified atom stereocenters. The van der Waals surface area contributed by atoms with E-state index in [1.165, 1.54) is 0 Å². The number of ether oxygens (including phenoxy) is 3. The van der Waals surface area contributed by atoms with Crippen LogP contribution in [0.25, 0.3) is 0 Å². The molecule has 11 rings (SSSR count). The molecule has 0 atom stereocenters. The number of aliphatic imine (C=N–C) groups is 1. The van der Waals surface area contributed by atoms with Gasteiger partial charge in [0, 0.05) is 143 Å². The van der Waals surface area contributed by atoms with E-state index in [1.807, 2.05) is 131 Å². The maximum Gasteiger partial charge on any atom is 0.335 e. The Kier molecular flexibility index (Phi) is 34.7. The van der Waals surface area contributed by atoms with Gasteiger partial charge in [0.1, 0.15) is 23.2 Å². The van der Waals surface area contributed by atoms with Crippen molar-refractivity contribution in [3.63, 3.8) is 0 Å². The largest absolute Gasteiger partial charge is 0.494 e. The van der Waals surface area contributed by atoms with Crippen LogP contribution in [0.15, 0.2) is 181 Å². The second-order valence-electron chi connectivity index (χ2n) is 31.7. The predicted molar refractivity (Wildman–Crippen MR) is 460 cm³/mol. The number of halogens is 2. The van der Waals surface area contributed by atoms with Gasteiger partial charge >= 0.3 is 5.97 Å². The number of unbranched alkanes of at least 4 members (excludes halogenated alkanes) is 5. The first-order valence-corrected chi connectivity index (χ1v) is 43.1. The molecule has 22 heteroatoms. The highest BCUT2D eigenvalue weighted by Gasteiger charge is 2.45. The van der Waals surface area contributed by atoms with E-state index in [9.17, 15) is 29.1 Å². The number of aromatic carboxylic acids is 1. The van der Waals surface area contributed by atoms with Crippen molar-refractivity contribution < 1.29 is 48.1 Å². The molecule has 2 saturated carbocycles. The zero-order valence-corrected chi connectivity index (χ0v) is 69.8. The number of aromatic amines is 1. The summed E-state index contributed by atoms with van der Waals surface area (Å²) in [6.07, 6.45) is 26.2. The molecule has 0 bridgehead atoms. The Morgan fingerprint density at radius 3 is 1.66 bits per heavy atom. The van der Waals surface area contributed by atoms with Crippen molar-refractivity contribution >= 4 is 70.0 Å². The first-order valence-electron chi connectivity index (χ1n) is 42.3. The predicted octanol–water partition coefficient (Wildman–Crippen LogP) is 19.0. The number of H-pyrrole nitrogens is 1. The number of hydrogen-bond acceptors (Lipinski definition) is 15. The summed E-state index contributed by atoms with van der Waals surface area (Å²) in [6, 6.07) is 47.9. The number of ketones is 2. The van der Waals surface area contributed by atoms with Crippen molar-refractivity contribution in [1.29, 1.82) is 0 Å². The smallest absolute Gasteiger partial charge is 0.335 e. The van der Waals surface area contributed by atoms with Crippen LogP contribution in [-0.4, -0.2) is 138 Å². The molecule has 4 heterocycles. The number of hydrogen-bond donors (Lipinski definition) is 3. The Morgan fingerprint density at radius 2 is 1.08 bits per heavy atom. The number of allylic oxidation sites excluding steroid dienone is 1. The highest BCUT2D eigenvalue weighted by molar-refractivity contribution is 6.30. The molecule has 620 valence electrons. The molecule has 0 spiro atoms. The first kappa shape index (κ1) is 88.3. The van der Waals surface area contributed by atoms with Gasteiger partial charge < -0.3 is 39.4 Å². The fourth-order valence-electron chi connectivity index (χ4n) is 16.4. The lowest BCUT2D eigenvalue weighted by Crippen LogP contribution is -2.48. The molecule has 8 aromatic rings. The zero-order chi connectivity index (χ0) is 82.0. The summed E-state index contributed by atoms with van der Waals surface area (Å²) in [5.74, 6) is 1.28. The Morgan fingerprint density at radius 1 is 0.513 bits per heavy atom. The van der Waals surface area contributed by atoms with Crippen molar-refractivity contribution in [3.8, 4) is 5.75 Å². The van der Waals surface area contributed by atoms with Gasteiger partial charge in [-0.25, -0.2) is 14.8 Å². The van der Waals surface area contributed by atoms with E-state index in [0.29, 0.717) is 158 Å². The lowest BCUT2D eigenvalue weighted by atomic mass is 9.68. The van der Waals surface area contributed by atoms with Gasteiger partial charge in [-0.05, 0) is 164 Å². The number of carboxylic acid groups (broad SMARTS) is 1. The molecule has 0 saturated heterocycles. The average molecular weight is 1630 g/mol. The minimum atomic E-state index is -1.01. The Balaban J connectivity index is 0.744. The van der Waals surface area contributed by atoms with Gasteiger partial charge in [-0.1, -0.05) is 186 Å². The number of carboxylic acids is 1. The summed E-state index contributed by atoms with van der Waals surface area (Å²) < 4.78 is 18.9. The molecule has 117 heavy (non-hydrogen) atoms. The van der Waals surface area contributed by atoms with E-state index in [0.717, 1.165) is 171 Å². The maximum absolute atomic E-state index is 15.7. The van der Waals surface area contributed by atoms with Crippen LogP contribution in [-0.2, 0) is 91.7 Å². The normalized spacial score (nSPS) is 14.3. The van der Waals surface area contributed by atoms with E-state index in [4.69, 9.17) is 52.4 Å². The minimum Gasteiger partial charge on any atom is -0.494 e. The van der Waals surface area contributed by atoms with Crippen LogP contribution in [0.4, 0.5) is 5.82 Å². The van der Waals surface area contributed by atoms with Crippen molar-refractivity contribution in [3.05, 3.63) is 254 Å². The fraction of sp³-hybridized carbons (Fsp3) is 0.453. The number of nitrogens with one attached hydrogen (secondary N) is 2. The monoisotopic (exact) mass is 1630 g/mol. The molecular weight excluding hydrogens is 1510 g/mol. The average Bonchev–Trinajstić information content (AvgIpc) is 0.927. The quantitative estimate of drug-likeness (QED) is 0.0237. The lowest BCUT2D eigenvalue weighted by Gasteiger charge is -2.40. The molecule has 3 aliphatic rings. The highest BCUT2D eigenvalue weighted by Crippen LogP contribution is 2.44. The van der Waals surface area contributed by atoms with E-state index in [-0.39, 0.29) is 47.9 Å². The molecule has 5 aromatic carbocycles. The van der Waals surface area contributed by atoms with Gasteiger partial charge in [0.25, 0.3) is 0 Å². The molecule has 3 aromatic heterocycles. The molecule has 0 radical (unpaired) electrons. The van der Waals surface area contributed by atoms with E-state index in [1.54, 1.807) is 30.5 Å². The third-order valence-electron chi connectivity index (χ3n) is 22.5. The van der Waals surface area contributed by atoms with Crippen molar-refractivity contribution in [2.24, 2.45) is 4.99 Å². The number of anilines is 1. The topological polar surface area (TPSA) is 242 Å². The van der Waals surface area contributed by atoms with Gasteiger partial charge in [-0.15, -0.1) is 0 Å². The van der Waals surface area contributed by atoms with Gasteiger partial charge in [0.15, 0.2) is 5.78 Å². The summed E-state index contributed by atoms with van der Waals surface area (Å²) in [5.41, 5.74) is 8.50. The van der Waals surface area contributed by atoms with Crippen molar-refractivity contribution in [2.45, 2.75) is 225 Å². The van der Waals surface area contributed by atoms with E-state index >= 15 is 4.79 Å². The molecule has 20 nitrogen and oxygen atoms in total. The number of carbonyl (C=O) groups excluding carboxylic acids is 5. The number of aromatic nitrogens is 4. The molecule has 1 aliphatic heterocycles. The van der Waals surface area contributed by atoms with Crippen LogP contribution in [0, 0.1) is 0 Å². The Bertz CT molecular complexity index is 4550. The SMILES string of the molecule is CCCCCC(=O)Cc1cccc(CN(Cc2cc(CN(CC3=NC=CC3)Cc3cccc(NC(=O)CCCCC)n3)cc(OCCCCN(Cc3ccc(C(=O)CCCOCCOCCN(Cc4ccc(C(=O)O)cc4)C(=O)C4(c5ccc(Cl)cc5)CCCCC4)cc3)C(=O)C3(c4ccc(Cl)cc4)CCCCC3)c2)Cc2ncc[nH]2)n1. The maximum atomic E-state index is 15.7. The van der Waals surface area contributed by atoms with Crippen molar-refractivity contribution in [1.82, 2.24) is 39.5 Å². The van der Waals surface area contributed by atoms with Crippen LogP contribution in [0.2, 0.25) is 10.0 Å². The molecular formula is C95H116Cl2N10O10. The number of pyridine rings is 2. The molecule has 3 amide bonds. The molecule has 3 N–H and O–H groups in total. The number of amides is 3. The van der Waals surface area contributed by atoms with Gasteiger partial charge in [0.05, 0.1) is 60.8 Å². The number of Topliss-reactive ketones (excluding diaryl/α,β-unsaturated/α-hetero) is 2. The van der Waals surface area contributed by atoms with Crippen LogP contribution in [0.1, 0.15) is 239 Å². The highest BCUT2D eigenvalue weighted by atomic mass is 35.5. The number of rotatable bonds is 49. The fourth-order valence-corrected chi connectivity index (χ4v) is 16.6. The second-order valence-corrected chi connectivity index (χ2v) is 32.5. The number of imidazole rings is 1. The van der Waals surface area contributed by atoms with Gasteiger partial charge in [-0.2, -0.15) is 0 Å². The Labute approximate surface area is 700 Å². The summed E-state index contributed by atoms with van der Waals surface area (Å²) in [4.78, 5) is 113. The van der Waals surface area contributed by atoms with Gasteiger partial charge in [-0.3, -0.25) is 43.7 Å². The van der Waals surface area contributed by atoms with E-state index < -0.39 is 16.8 Å².